The molecule has 0 aliphatic carbocycles. The third-order valence-corrected chi connectivity index (χ3v) is 5.93. The van der Waals surface area contributed by atoms with E-state index in [1.54, 1.807) is 27.6 Å². The summed E-state index contributed by atoms with van der Waals surface area (Å²) in [6.07, 6.45) is 1.74. The Morgan fingerprint density at radius 3 is 2.72 bits per heavy atom. The van der Waals surface area contributed by atoms with Crippen molar-refractivity contribution in [2.24, 2.45) is 0 Å². The standard InChI is InChI=1S/C20H22FN5O2S/c1-20(2,3)26-17-15(10-23-26)18(28)25-14(11-29-19(25)24-17)8-16(27)22-9-12-4-6-13(21)7-5-12/h4-7,10,14H,8-9,11H2,1-3H3,(H,22,27). The number of halogens is 1. The molecule has 29 heavy (non-hydrogen) atoms. The first-order valence-corrected chi connectivity index (χ1v) is 10.4. The third-order valence-electron chi connectivity index (χ3n) is 4.83. The summed E-state index contributed by atoms with van der Waals surface area (Å²) in [5, 5.41) is 8.26. The summed E-state index contributed by atoms with van der Waals surface area (Å²) in [6, 6.07) is 5.73. The van der Waals surface area contributed by atoms with Crippen LogP contribution in [-0.4, -0.2) is 31.0 Å². The molecule has 2 aromatic heterocycles. The van der Waals surface area contributed by atoms with Crippen LogP contribution in [0.15, 0.2) is 40.4 Å². The molecule has 0 fully saturated rings. The van der Waals surface area contributed by atoms with Crippen molar-refractivity contribution < 1.29 is 9.18 Å². The van der Waals surface area contributed by atoms with Crippen molar-refractivity contribution in [3.63, 3.8) is 0 Å². The molecule has 152 valence electrons. The Labute approximate surface area is 171 Å². The molecule has 1 unspecified atom stereocenters. The number of amides is 1. The van der Waals surface area contributed by atoms with E-state index < -0.39 is 0 Å². The zero-order chi connectivity index (χ0) is 20.8. The van der Waals surface area contributed by atoms with Gasteiger partial charge in [-0.3, -0.25) is 14.2 Å². The van der Waals surface area contributed by atoms with Crippen LogP contribution < -0.4 is 10.9 Å². The van der Waals surface area contributed by atoms with Gasteiger partial charge in [0.2, 0.25) is 5.91 Å². The molecule has 0 saturated carbocycles. The maximum atomic E-state index is 13.1. The van der Waals surface area contributed by atoms with Crippen molar-refractivity contribution in [1.29, 1.82) is 0 Å². The molecule has 0 spiro atoms. The number of nitrogens with zero attached hydrogens (tertiary/aromatic N) is 4. The van der Waals surface area contributed by atoms with Crippen molar-refractivity contribution in [2.75, 3.05) is 5.75 Å². The van der Waals surface area contributed by atoms with Gasteiger partial charge in [0.15, 0.2) is 10.8 Å². The van der Waals surface area contributed by atoms with E-state index in [2.05, 4.69) is 15.4 Å². The molecule has 3 heterocycles. The van der Waals surface area contributed by atoms with Crippen LogP contribution in [0, 0.1) is 5.82 Å². The topological polar surface area (TPSA) is 81.8 Å². The van der Waals surface area contributed by atoms with Gasteiger partial charge in [-0.05, 0) is 38.5 Å². The Kier molecular flexibility index (Phi) is 4.94. The molecule has 0 saturated heterocycles. The van der Waals surface area contributed by atoms with Gasteiger partial charge in [-0.25, -0.2) is 14.1 Å². The molecule has 1 atom stereocenters. The van der Waals surface area contributed by atoms with Crippen molar-refractivity contribution in [3.8, 4) is 0 Å². The molecule has 7 nitrogen and oxygen atoms in total. The zero-order valence-corrected chi connectivity index (χ0v) is 17.3. The molecule has 0 bridgehead atoms. The van der Waals surface area contributed by atoms with Gasteiger partial charge >= 0.3 is 0 Å². The van der Waals surface area contributed by atoms with Crippen molar-refractivity contribution >= 4 is 28.7 Å². The average molecular weight is 415 g/mol. The van der Waals surface area contributed by atoms with Crippen LogP contribution in [-0.2, 0) is 16.9 Å². The quantitative estimate of drug-likeness (QED) is 0.663. The van der Waals surface area contributed by atoms with Gasteiger partial charge in [-0.1, -0.05) is 23.9 Å². The Bertz CT molecular complexity index is 1130. The summed E-state index contributed by atoms with van der Waals surface area (Å²) >= 11 is 1.47. The fraction of sp³-hybridized carbons (Fsp3) is 0.400. The first-order valence-electron chi connectivity index (χ1n) is 9.39. The number of aromatic nitrogens is 4. The molecule has 1 aromatic carbocycles. The van der Waals surface area contributed by atoms with Crippen LogP contribution in [0.4, 0.5) is 4.39 Å². The van der Waals surface area contributed by atoms with Crippen molar-refractivity contribution in [3.05, 3.63) is 52.2 Å². The van der Waals surface area contributed by atoms with Gasteiger partial charge in [0.25, 0.3) is 5.56 Å². The minimum atomic E-state index is -0.312. The van der Waals surface area contributed by atoms with Gasteiger partial charge in [-0.2, -0.15) is 5.10 Å². The Balaban J connectivity index is 1.53. The second-order valence-corrected chi connectivity index (χ2v) is 9.09. The average Bonchev–Trinajstić information content (AvgIpc) is 3.26. The van der Waals surface area contributed by atoms with Crippen molar-refractivity contribution in [1.82, 2.24) is 24.6 Å². The molecule has 1 aliphatic heterocycles. The molecule has 4 rings (SSSR count). The monoisotopic (exact) mass is 415 g/mol. The highest BCUT2D eigenvalue weighted by Gasteiger charge is 2.30. The van der Waals surface area contributed by atoms with Gasteiger partial charge in [0, 0.05) is 18.7 Å². The van der Waals surface area contributed by atoms with Crippen LogP contribution in [0.5, 0.6) is 0 Å². The van der Waals surface area contributed by atoms with E-state index in [0.29, 0.717) is 28.5 Å². The lowest BCUT2D eigenvalue weighted by atomic mass is 10.1. The third kappa shape index (κ3) is 3.78. The van der Waals surface area contributed by atoms with E-state index in [0.717, 1.165) is 5.56 Å². The molecule has 1 N–H and O–H groups in total. The molecule has 1 amide bonds. The Morgan fingerprint density at radius 1 is 1.31 bits per heavy atom. The number of nitrogens with one attached hydrogen (secondary N) is 1. The van der Waals surface area contributed by atoms with Gasteiger partial charge in [0.05, 0.1) is 17.8 Å². The summed E-state index contributed by atoms with van der Waals surface area (Å²) in [5.74, 6) is 0.139. The SMILES string of the molecule is CC(C)(C)n1ncc2c(=O)n3c(nc21)SCC3CC(=O)NCc1ccc(F)cc1. The van der Waals surface area contributed by atoms with E-state index in [-0.39, 0.29) is 35.3 Å². The van der Waals surface area contributed by atoms with Gasteiger partial charge in [0.1, 0.15) is 11.2 Å². The largest absolute Gasteiger partial charge is 0.352 e. The number of thioether (sulfide) groups is 1. The minimum Gasteiger partial charge on any atom is -0.352 e. The van der Waals surface area contributed by atoms with Crippen molar-refractivity contribution in [2.45, 2.75) is 50.5 Å². The summed E-state index contributed by atoms with van der Waals surface area (Å²) in [6.45, 7) is 6.34. The predicted molar refractivity (Wildman–Crippen MR) is 109 cm³/mol. The highest BCUT2D eigenvalue weighted by molar-refractivity contribution is 7.99. The van der Waals surface area contributed by atoms with E-state index >= 15 is 0 Å². The number of hydrogen-bond acceptors (Lipinski definition) is 5. The molecule has 9 heteroatoms. The van der Waals surface area contributed by atoms with Gasteiger partial charge in [-0.15, -0.1) is 0 Å². The maximum Gasteiger partial charge on any atom is 0.265 e. The van der Waals surface area contributed by atoms with E-state index in [9.17, 15) is 14.0 Å². The number of fused-ring (bicyclic) bond motifs is 2. The number of hydrogen-bond donors (Lipinski definition) is 1. The lowest BCUT2D eigenvalue weighted by Crippen LogP contribution is -2.31. The smallest absolute Gasteiger partial charge is 0.265 e. The highest BCUT2D eigenvalue weighted by atomic mass is 32.2. The minimum absolute atomic E-state index is 0.162. The van der Waals surface area contributed by atoms with Gasteiger partial charge < -0.3 is 5.32 Å². The normalized spacial score (nSPS) is 16.2. The van der Waals surface area contributed by atoms with Crippen LogP contribution in [0.3, 0.4) is 0 Å². The molecular formula is C20H22FN5O2S. The molecule has 0 radical (unpaired) electrons. The van der Waals surface area contributed by atoms with E-state index in [1.807, 2.05) is 20.8 Å². The second kappa shape index (κ2) is 7.29. The fourth-order valence-electron chi connectivity index (χ4n) is 3.36. The summed E-state index contributed by atoms with van der Waals surface area (Å²) < 4.78 is 16.3. The highest BCUT2D eigenvalue weighted by Crippen LogP contribution is 2.33. The summed E-state index contributed by atoms with van der Waals surface area (Å²) in [7, 11) is 0. The number of benzene rings is 1. The Hall–Kier alpha value is -2.68. The van der Waals surface area contributed by atoms with Crippen LogP contribution >= 0.6 is 11.8 Å². The van der Waals surface area contributed by atoms with Crippen LogP contribution in [0.1, 0.15) is 38.8 Å². The molecule has 1 aliphatic rings. The number of carbonyl (C=O) groups is 1. The maximum absolute atomic E-state index is 13.1. The molecular weight excluding hydrogens is 393 g/mol. The number of rotatable bonds is 4. The zero-order valence-electron chi connectivity index (χ0n) is 16.5. The first kappa shape index (κ1) is 19.6. The second-order valence-electron chi connectivity index (χ2n) is 8.11. The lowest BCUT2D eigenvalue weighted by Gasteiger charge is -2.20. The summed E-state index contributed by atoms with van der Waals surface area (Å²) in [4.78, 5) is 30.1. The van der Waals surface area contributed by atoms with Crippen LogP contribution in [0.2, 0.25) is 0 Å². The number of carbonyl (C=O) groups excluding carboxylic acids is 1. The Morgan fingerprint density at radius 2 is 2.03 bits per heavy atom. The summed E-state index contributed by atoms with van der Waals surface area (Å²) in [5.41, 5.74) is 0.934. The molecule has 3 aromatic rings. The van der Waals surface area contributed by atoms with Crippen LogP contribution in [0.25, 0.3) is 11.0 Å². The lowest BCUT2D eigenvalue weighted by molar-refractivity contribution is -0.121. The van der Waals surface area contributed by atoms with E-state index in [4.69, 9.17) is 0 Å². The van der Waals surface area contributed by atoms with E-state index in [1.165, 1.54) is 23.9 Å². The first-order chi connectivity index (χ1) is 13.7. The predicted octanol–water partition coefficient (Wildman–Crippen LogP) is 2.84. The fourth-order valence-corrected chi connectivity index (χ4v) is 4.49.